The van der Waals surface area contributed by atoms with Gasteiger partial charge in [-0.25, -0.2) is 9.67 Å². The highest BCUT2D eigenvalue weighted by Crippen LogP contribution is 2.13. The zero-order valence-electron chi connectivity index (χ0n) is 15.4. The zero-order valence-corrected chi connectivity index (χ0v) is 15.4. The van der Waals surface area contributed by atoms with Crippen LogP contribution in [0.25, 0.3) is 0 Å². The number of hydrogen-bond donors (Lipinski definition) is 2. The summed E-state index contributed by atoms with van der Waals surface area (Å²) in [5, 5.41) is 11.4. The van der Waals surface area contributed by atoms with Crippen molar-refractivity contribution < 1.29 is 4.74 Å². The van der Waals surface area contributed by atoms with Crippen LogP contribution in [0.5, 0.6) is 0 Å². The average molecular weight is 337 g/mol. The molecule has 0 spiro atoms. The number of aliphatic imine (C=N–C) groups is 1. The molecule has 1 aromatic rings. The maximum Gasteiger partial charge on any atom is 0.191 e. The zero-order chi connectivity index (χ0) is 17.4. The van der Waals surface area contributed by atoms with Crippen molar-refractivity contribution in [2.45, 2.75) is 45.9 Å². The molecule has 2 N–H and O–H groups in total. The third-order valence-corrected chi connectivity index (χ3v) is 4.15. The topological polar surface area (TPSA) is 79.6 Å². The Morgan fingerprint density at radius 3 is 3.00 bits per heavy atom. The largest absolute Gasteiger partial charge is 0.377 e. The van der Waals surface area contributed by atoms with Crippen molar-refractivity contribution in [2.75, 3.05) is 40.3 Å². The number of hydrogen-bond acceptors (Lipinski definition) is 5. The van der Waals surface area contributed by atoms with Crippen LogP contribution in [-0.2, 0) is 24.3 Å². The predicted octanol–water partition coefficient (Wildman–Crippen LogP) is 0.246. The molecule has 1 unspecified atom stereocenters. The molecule has 24 heavy (non-hydrogen) atoms. The minimum absolute atomic E-state index is 0.316. The fourth-order valence-electron chi connectivity index (χ4n) is 2.67. The smallest absolute Gasteiger partial charge is 0.191 e. The van der Waals surface area contributed by atoms with E-state index in [2.05, 4.69) is 51.5 Å². The monoisotopic (exact) mass is 337 g/mol. The maximum atomic E-state index is 5.11. The first-order valence-corrected chi connectivity index (χ1v) is 8.81. The summed E-state index contributed by atoms with van der Waals surface area (Å²) in [6, 6.07) is 0.316. The lowest BCUT2D eigenvalue weighted by Crippen LogP contribution is -2.47. The van der Waals surface area contributed by atoms with Crippen LogP contribution in [0.4, 0.5) is 0 Å². The van der Waals surface area contributed by atoms with E-state index in [0.717, 1.165) is 63.2 Å². The lowest BCUT2D eigenvalue weighted by molar-refractivity contribution is 0.177. The Bertz CT molecular complexity index is 528. The number of nitrogens with zero attached hydrogens (tertiary/aromatic N) is 5. The van der Waals surface area contributed by atoms with Gasteiger partial charge in [0.05, 0.1) is 13.1 Å². The van der Waals surface area contributed by atoms with Crippen molar-refractivity contribution in [1.82, 2.24) is 30.3 Å². The molecule has 1 aliphatic rings. The number of guanidine groups is 1. The summed E-state index contributed by atoms with van der Waals surface area (Å²) in [4.78, 5) is 11.4. The molecule has 8 heteroatoms. The van der Waals surface area contributed by atoms with E-state index in [1.807, 2.05) is 4.68 Å². The van der Waals surface area contributed by atoms with Gasteiger partial charge in [0.25, 0.3) is 0 Å². The van der Waals surface area contributed by atoms with Crippen LogP contribution in [0.3, 0.4) is 0 Å². The van der Waals surface area contributed by atoms with Crippen LogP contribution in [0.2, 0.25) is 0 Å². The van der Waals surface area contributed by atoms with E-state index in [0.29, 0.717) is 12.6 Å². The minimum atomic E-state index is 0.316. The van der Waals surface area contributed by atoms with Crippen LogP contribution in [0.1, 0.15) is 31.9 Å². The Hall–Kier alpha value is -1.67. The molecule has 1 aliphatic heterocycles. The van der Waals surface area contributed by atoms with Gasteiger partial charge in [0.2, 0.25) is 0 Å². The van der Waals surface area contributed by atoms with E-state index >= 15 is 0 Å². The van der Waals surface area contributed by atoms with Crippen molar-refractivity contribution in [3.63, 3.8) is 0 Å². The SMILES string of the molecule is CCNC(=NCCN(C)CC)NC1CCc2nc(COC)nn2C1. The molecule has 8 nitrogen and oxygen atoms in total. The quantitative estimate of drug-likeness (QED) is 0.523. The van der Waals surface area contributed by atoms with Gasteiger partial charge in [-0.1, -0.05) is 6.92 Å². The third kappa shape index (κ3) is 5.45. The summed E-state index contributed by atoms with van der Waals surface area (Å²) < 4.78 is 7.10. The summed E-state index contributed by atoms with van der Waals surface area (Å²) in [6.07, 6.45) is 1.96. The minimum Gasteiger partial charge on any atom is -0.377 e. The van der Waals surface area contributed by atoms with E-state index in [9.17, 15) is 0 Å². The van der Waals surface area contributed by atoms with Gasteiger partial charge in [0, 0.05) is 32.7 Å². The lowest BCUT2D eigenvalue weighted by atomic mass is 10.1. The molecule has 0 saturated carbocycles. The number of aryl methyl sites for hydroxylation is 1. The van der Waals surface area contributed by atoms with Crippen molar-refractivity contribution >= 4 is 5.96 Å². The highest BCUT2D eigenvalue weighted by Gasteiger charge is 2.22. The van der Waals surface area contributed by atoms with Crippen molar-refractivity contribution in [3.05, 3.63) is 11.6 Å². The normalized spacial score (nSPS) is 17.9. The Balaban J connectivity index is 1.91. The van der Waals surface area contributed by atoms with Crippen LogP contribution in [0, 0.1) is 0 Å². The Labute approximate surface area is 144 Å². The van der Waals surface area contributed by atoms with Gasteiger partial charge in [0.1, 0.15) is 12.4 Å². The van der Waals surface area contributed by atoms with Gasteiger partial charge in [-0.15, -0.1) is 0 Å². The van der Waals surface area contributed by atoms with E-state index < -0.39 is 0 Å². The first kappa shape index (κ1) is 18.7. The number of aromatic nitrogens is 3. The van der Waals surface area contributed by atoms with E-state index in [1.165, 1.54) is 0 Å². The second kappa shape index (κ2) is 9.58. The molecule has 2 heterocycles. The van der Waals surface area contributed by atoms with Crippen LogP contribution >= 0.6 is 0 Å². The average Bonchev–Trinajstić information content (AvgIpc) is 2.96. The number of fused-ring (bicyclic) bond motifs is 1. The van der Waals surface area contributed by atoms with Crippen molar-refractivity contribution in [3.8, 4) is 0 Å². The fraction of sp³-hybridized carbons (Fsp3) is 0.812. The highest BCUT2D eigenvalue weighted by atomic mass is 16.5. The van der Waals surface area contributed by atoms with Gasteiger partial charge in [-0.3, -0.25) is 4.99 Å². The summed E-state index contributed by atoms with van der Waals surface area (Å²) in [5.41, 5.74) is 0. The summed E-state index contributed by atoms with van der Waals surface area (Å²) in [7, 11) is 3.78. The number of nitrogens with one attached hydrogen (secondary N) is 2. The molecule has 0 amide bonds. The third-order valence-electron chi connectivity index (χ3n) is 4.15. The first-order valence-electron chi connectivity index (χ1n) is 8.81. The summed E-state index contributed by atoms with van der Waals surface area (Å²) in [5.74, 6) is 2.69. The van der Waals surface area contributed by atoms with Gasteiger partial charge >= 0.3 is 0 Å². The molecule has 0 bridgehead atoms. The molecule has 0 aromatic carbocycles. The fourth-order valence-corrected chi connectivity index (χ4v) is 2.67. The molecule has 0 fully saturated rings. The second-order valence-corrected chi connectivity index (χ2v) is 6.10. The van der Waals surface area contributed by atoms with E-state index in [-0.39, 0.29) is 0 Å². The van der Waals surface area contributed by atoms with Gasteiger partial charge in [0.15, 0.2) is 11.8 Å². The number of rotatable bonds is 8. The lowest BCUT2D eigenvalue weighted by Gasteiger charge is -2.25. The van der Waals surface area contributed by atoms with Gasteiger partial charge in [-0.05, 0) is 26.9 Å². The molecule has 1 aromatic heterocycles. The molecular formula is C16H31N7O. The van der Waals surface area contributed by atoms with Gasteiger partial charge < -0.3 is 20.3 Å². The van der Waals surface area contributed by atoms with Crippen LogP contribution in [-0.4, -0.2) is 72.0 Å². The molecule has 136 valence electrons. The molecule has 0 radical (unpaired) electrons. The Morgan fingerprint density at radius 1 is 1.46 bits per heavy atom. The highest BCUT2D eigenvalue weighted by molar-refractivity contribution is 5.80. The van der Waals surface area contributed by atoms with E-state index in [4.69, 9.17) is 4.74 Å². The number of ether oxygens (including phenoxy) is 1. The predicted molar refractivity (Wildman–Crippen MR) is 95.1 cm³/mol. The van der Waals surface area contributed by atoms with Crippen LogP contribution in [0.15, 0.2) is 4.99 Å². The number of methoxy groups -OCH3 is 1. The van der Waals surface area contributed by atoms with Gasteiger partial charge in [-0.2, -0.15) is 5.10 Å². The molecule has 0 aliphatic carbocycles. The van der Waals surface area contributed by atoms with Crippen LogP contribution < -0.4 is 10.6 Å². The molecule has 2 rings (SSSR count). The van der Waals surface area contributed by atoms with Crippen molar-refractivity contribution in [1.29, 1.82) is 0 Å². The molecular weight excluding hydrogens is 306 g/mol. The first-order chi connectivity index (χ1) is 11.7. The molecule has 0 saturated heterocycles. The maximum absolute atomic E-state index is 5.11. The number of likely N-dealkylation sites (N-methyl/N-ethyl adjacent to an activating group) is 1. The van der Waals surface area contributed by atoms with Crippen molar-refractivity contribution in [2.24, 2.45) is 4.99 Å². The van der Waals surface area contributed by atoms with E-state index in [1.54, 1.807) is 7.11 Å². The second-order valence-electron chi connectivity index (χ2n) is 6.10. The Morgan fingerprint density at radius 2 is 2.29 bits per heavy atom. The summed E-state index contributed by atoms with van der Waals surface area (Å²) in [6.45, 7) is 9.17. The summed E-state index contributed by atoms with van der Waals surface area (Å²) >= 11 is 0. The molecule has 1 atom stereocenters. The Kier molecular flexibility index (Phi) is 7.45. The standard InChI is InChI=1S/C16H31N7O/c1-5-17-16(18-9-10-22(3)6-2)19-13-7-8-15-20-14(12-24-4)21-23(15)11-13/h13H,5-12H2,1-4H3,(H2,17,18,19).